The van der Waals surface area contributed by atoms with Gasteiger partial charge in [0.15, 0.2) is 0 Å². The molecule has 1 aromatic rings. The van der Waals surface area contributed by atoms with Crippen molar-refractivity contribution in [2.75, 3.05) is 19.6 Å². The van der Waals surface area contributed by atoms with Crippen LogP contribution in [0.5, 0.6) is 0 Å². The Balaban J connectivity index is 1.53. The molecule has 1 aromatic heterocycles. The van der Waals surface area contributed by atoms with E-state index in [1.807, 2.05) is 19.1 Å². The van der Waals surface area contributed by atoms with Gasteiger partial charge in [-0.2, -0.15) is 0 Å². The molecule has 7 heteroatoms. The van der Waals surface area contributed by atoms with E-state index < -0.39 is 6.04 Å². The number of amides is 4. The second kappa shape index (κ2) is 7.02. The van der Waals surface area contributed by atoms with E-state index in [-0.39, 0.29) is 23.9 Å². The van der Waals surface area contributed by atoms with Crippen LogP contribution in [0.25, 0.3) is 0 Å². The lowest BCUT2D eigenvalue weighted by Crippen LogP contribution is -2.45. The maximum Gasteiger partial charge on any atom is 0.327 e. The molecule has 6 nitrogen and oxygen atoms in total. The van der Waals surface area contributed by atoms with Gasteiger partial charge < -0.3 is 9.80 Å². The zero-order valence-electron chi connectivity index (χ0n) is 15.1. The highest BCUT2D eigenvalue weighted by Gasteiger charge is 2.49. The van der Waals surface area contributed by atoms with E-state index in [9.17, 15) is 14.4 Å². The van der Waals surface area contributed by atoms with Gasteiger partial charge in [-0.25, -0.2) is 4.79 Å². The van der Waals surface area contributed by atoms with Gasteiger partial charge in [0.05, 0.1) is 11.4 Å². The van der Waals surface area contributed by atoms with E-state index in [1.54, 1.807) is 9.80 Å². The van der Waals surface area contributed by atoms with Gasteiger partial charge in [-0.15, -0.1) is 11.3 Å². The van der Waals surface area contributed by atoms with Gasteiger partial charge in [0.2, 0.25) is 0 Å². The smallest absolute Gasteiger partial charge is 0.327 e. The number of nitrogens with zero attached hydrogens (tertiary/aromatic N) is 3. The molecule has 1 atom stereocenters. The summed E-state index contributed by atoms with van der Waals surface area (Å²) >= 11 is 1.48. The van der Waals surface area contributed by atoms with Crippen molar-refractivity contribution in [3.8, 4) is 0 Å². The predicted molar refractivity (Wildman–Crippen MR) is 99.2 cm³/mol. The lowest BCUT2D eigenvalue weighted by molar-refractivity contribution is -0.130. The molecule has 0 N–H and O–H groups in total. The molecule has 1 unspecified atom stereocenters. The van der Waals surface area contributed by atoms with Crippen LogP contribution in [-0.2, 0) is 4.79 Å². The summed E-state index contributed by atoms with van der Waals surface area (Å²) in [6.45, 7) is 3.43. The van der Waals surface area contributed by atoms with Crippen molar-refractivity contribution in [1.82, 2.24) is 14.7 Å². The number of fused-ring (bicyclic) bond motifs is 1. The van der Waals surface area contributed by atoms with E-state index in [1.165, 1.54) is 22.7 Å². The Bertz CT molecular complexity index is 725. The van der Waals surface area contributed by atoms with E-state index in [0.717, 1.165) is 30.6 Å². The molecule has 4 rings (SSSR count). The minimum atomic E-state index is -0.517. The molecule has 2 saturated heterocycles. The van der Waals surface area contributed by atoms with Crippen molar-refractivity contribution in [3.05, 3.63) is 21.9 Å². The van der Waals surface area contributed by atoms with Crippen LogP contribution in [-0.4, -0.2) is 64.3 Å². The molecule has 3 heterocycles. The SMILES string of the molecule is Cc1ccc(C(=O)N2CCCN3C(=O)N(C4CCCCC4)C(=O)C3C2)s1. The number of rotatable bonds is 2. The normalized spacial score (nSPS) is 24.8. The van der Waals surface area contributed by atoms with Gasteiger partial charge in [-0.3, -0.25) is 14.5 Å². The van der Waals surface area contributed by atoms with Crippen molar-refractivity contribution >= 4 is 29.2 Å². The second-order valence-electron chi connectivity index (χ2n) is 7.51. The van der Waals surface area contributed by atoms with Crippen LogP contribution in [0.3, 0.4) is 0 Å². The van der Waals surface area contributed by atoms with Gasteiger partial charge in [0.1, 0.15) is 6.04 Å². The summed E-state index contributed by atoms with van der Waals surface area (Å²) in [4.78, 5) is 45.5. The van der Waals surface area contributed by atoms with Crippen LogP contribution >= 0.6 is 11.3 Å². The fraction of sp³-hybridized carbons (Fsp3) is 0.632. The standard InChI is InChI=1S/C19H25N3O3S/c1-13-8-9-16(26-13)18(24)20-10-5-11-21-15(12-20)17(23)22(19(21)25)14-6-3-2-4-7-14/h8-9,14-15H,2-7,10-12H2,1H3. The van der Waals surface area contributed by atoms with E-state index in [4.69, 9.17) is 0 Å². The van der Waals surface area contributed by atoms with Crippen molar-refractivity contribution in [2.45, 2.75) is 57.5 Å². The van der Waals surface area contributed by atoms with Gasteiger partial charge in [0, 0.05) is 24.0 Å². The monoisotopic (exact) mass is 375 g/mol. The first-order valence-corrected chi connectivity index (χ1v) is 10.4. The zero-order valence-corrected chi connectivity index (χ0v) is 16.0. The third-order valence-electron chi connectivity index (χ3n) is 5.75. The number of carbonyl (C=O) groups is 3. The van der Waals surface area contributed by atoms with Crippen molar-refractivity contribution in [1.29, 1.82) is 0 Å². The molecular formula is C19H25N3O3S. The second-order valence-corrected chi connectivity index (χ2v) is 8.79. The van der Waals surface area contributed by atoms with Crippen LogP contribution in [0.1, 0.15) is 53.1 Å². The molecule has 3 fully saturated rings. The number of thiophene rings is 1. The average Bonchev–Trinajstić information content (AvgIpc) is 3.07. The minimum absolute atomic E-state index is 0.0266. The summed E-state index contributed by atoms with van der Waals surface area (Å²) in [7, 11) is 0. The lowest BCUT2D eigenvalue weighted by Gasteiger charge is -2.29. The first-order chi connectivity index (χ1) is 12.6. The van der Waals surface area contributed by atoms with Gasteiger partial charge in [-0.1, -0.05) is 19.3 Å². The Kier molecular flexibility index (Phi) is 4.73. The van der Waals surface area contributed by atoms with Crippen molar-refractivity contribution < 1.29 is 14.4 Å². The zero-order chi connectivity index (χ0) is 18.3. The molecule has 0 bridgehead atoms. The number of aryl methyl sites for hydroxylation is 1. The molecule has 0 spiro atoms. The fourth-order valence-electron chi connectivity index (χ4n) is 4.39. The number of imide groups is 1. The summed E-state index contributed by atoms with van der Waals surface area (Å²) in [6.07, 6.45) is 5.88. The molecular weight excluding hydrogens is 350 g/mol. The summed E-state index contributed by atoms with van der Waals surface area (Å²) in [5, 5.41) is 0. The molecule has 0 aromatic carbocycles. The molecule has 3 aliphatic rings. The Labute approximate surface area is 157 Å². The molecule has 1 aliphatic carbocycles. The van der Waals surface area contributed by atoms with E-state index in [2.05, 4.69) is 0 Å². The molecule has 26 heavy (non-hydrogen) atoms. The van der Waals surface area contributed by atoms with E-state index in [0.29, 0.717) is 30.9 Å². The number of carbonyl (C=O) groups excluding carboxylic acids is 3. The highest BCUT2D eigenvalue weighted by Crippen LogP contribution is 2.30. The molecule has 140 valence electrons. The van der Waals surface area contributed by atoms with Crippen LogP contribution in [0.4, 0.5) is 4.79 Å². The Morgan fingerprint density at radius 1 is 1.08 bits per heavy atom. The first kappa shape index (κ1) is 17.5. The number of hydrogen-bond donors (Lipinski definition) is 0. The quantitative estimate of drug-likeness (QED) is 0.747. The third kappa shape index (κ3) is 3.02. The topological polar surface area (TPSA) is 60.9 Å². The summed E-state index contributed by atoms with van der Waals surface area (Å²) in [5.41, 5.74) is 0. The molecule has 2 aliphatic heterocycles. The number of urea groups is 1. The molecule has 4 amide bonds. The Morgan fingerprint density at radius 3 is 2.54 bits per heavy atom. The highest BCUT2D eigenvalue weighted by atomic mass is 32.1. The number of hydrogen-bond acceptors (Lipinski definition) is 4. The summed E-state index contributed by atoms with van der Waals surface area (Å²) in [5.74, 6) is -0.134. The highest BCUT2D eigenvalue weighted by molar-refractivity contribution is 7.13. The van der Waals surface area contributed by atoms with Crippen LogP contribution < -0.4 is 0 Å². The van der Waals surface area contributed by atoms with Crippen molar-refractivity contribution in [3.63, 3.8) is 0 Å². The largest absolute Gasteiger partial charge is 0.335 e. The summed E-state index contributed by atoms with van der Waals surface area (Å²) in [6, 6.07) is 3.17. The van der Waals surface area contributed by atoms with E-state index >= 15 is 0 Å². The average molecular weight is 375 g/mol. The van der Waals surface area contributed by atoms with Crippen molar-refractivity contribution in [2.24, 2.45) is 0 Å². The van der Waals surface area contributed by atoms with Crippen LogP contribution in [0.2, 0.25) is 0 Å². The van der Waals surface area contributed by atoms with Crippen LogP contribution in [0.15, 0.2) is 12.1 Å². The van der Waals surface area contributed by atoms with Crippen LogP contribution in [0, 0.1) is 6.92 Å². The molecule has 0 radical (unpaired) electrons. The van der Waals surface area contributed by atoms with Gasteiger partial charge >= 0.3 is 6.03 Å². The maximum atomic E-state index is 13.0. The first-order valence-electron chi connectivity index (χ1n) is 9.55. The van der Waals surface area contributed by atoms with Gasteiger partial charge in [-0.05, 0) is 38.3 Å². The fourth-order valence-corrected chi connectivity index (χ4v) is 5.22. The Hall–Kier alpha value is -1.89. The predicted octanol–water partition coefficient (Wildman–Crippen LogP) is 2.87. The summed E-state index contributed by atoms with van der Waals surface area (Å²) < 4.78 is 0. The maximum absolute atomic E-state index is 13.0. The Morgan fingerprint density at radius 2 is 1.85 bits per heavy atom. The minimum Gasteiger partial charge on any atom is -0.335 e. The molecule has 1 saturated carbocycles. The third-order valence-corrected chi connectivity index (χ3v) is 6.74. The van der Waals surface area contributed by atoms with Gasteiger partial charge in [0.25, 0.3) is 11.8 Å². The lowest BCUT2D eigenvalue weighted by atomic mass is 9.94.